The van der Waals surface area contributed by atoms with Gasteiger partial charge in [0.25, 0.3) is 5.89 Å². The van der Waals surface area contributed by atoms with E-state index in [9.17, 15) is 10.1 Å². The van der Waals surface area contributed by atoms with Crippen molar-refractivity contribution in [1.82, 2.24) is 9.88 Å². The van der Waals surface area contributed by atoms with Crippen molar-refractivity contribution in [2.45, 2.75) is 44.2 Å². The first kappa shape index (κ1) is 21.4. The Morgan fingerprint density at radius 1 is 1.31 bits per heavy atom. The van der Waals surface area contributed by atoms with Gasteiger partial charge < -0.3 is 23.4 Å². The van der Waals surface area contributed by atoms with Crippen molar-refractivity contribution in [2.24, 2.45) is 5.92 Å². The number of nitrogens with zero attached hydrogens (tertiary/aromatic N) is 4. The first-order chi connectivity index (χ1) is 15.7. The number of piperidine rings is 1. The molecule has 8 nitrogen and oxygen atoms in total. The van der Waals surface area contributed by atoms with Crippen LogP contribution in [0.4, 0.5) is 5.88 Å². The fourth-order valence-corrected chi connectivity index (χ4v) is 6.09. The number of amides is 1. The molecule has 9 heteroatoms. The zero-order chi connectivity index (χ0) is 21.9. The van der Waals surface area contributed by atoms with Gasteiger partial charge in [-0.25, -0.2) is 0 Å². The Labute approximate surface area is 191 Å². The van der Waals surface area contributed by atoms with Crippen molar-refractivity contribution in [3.05, 3.63) is 24.1 Å². The molecule has 3 aliphatic rings. The van der Waals surface area contributed by atoms with Crippen LogP contribution in [0.2, 0.25) is 0 Å². The largest absolute Gasteiger partial charge is 0.459 e. The molecule has 3 aliphatic heterocycles. The average molecular weight is 457 g/mol. The van der Waals surface area contributed by atoms with Gasteiger partial charge in [-0.3, -0.25) is 4.79 Å². The predicted octanol–water partition coefficient (Wildman–Crippen LogP) is 3.54. The van der Waals surface area contributed by atoms with Gasteiger partial charge in [0.15, 0.2) is 5.76 Å². The zero-order valence-corrected chi connectivity index (χ0v) is 18.9. The van der Waals surface area contributed by atoms with E-state index in [1.807, 2.05) is 16.7 Å². The fraction of sp³-hybridized carbons (Fsp3) is 0.609. The molecule has 0 aromatic carbocycles. The van der Waals surface area contributed by atoms with Crippen LogP contribution in [0.15, 0.2) is 27.2 Å². The van der Waals surface area contributed by atoms with Crippen molar-refractivity contribution in [1.29, 1.82) is 5.26 Å². The summed E-state index contributed by atoms with van der Waals surface area (Å²) in [6, 6.07) is 5.96. The highest BCUT2D eigenvalue weighted by Crippen LogP contribution is 2.33. The van der Waals surface area contributed by atoms with E-state index in [0.717, 1.165) is 56.8 Å². The second-order valence-corrected chi connectivity index (χ2v) is 9.82. The second-order valence-electron chi connectivity index (χ2n) is 8.67. The van der Waals surface area contributed by atoms with Gasteiger partial charge in [0.2, 0.25) is 17.5 Å². The first-order valence-corrected chi connectivity index (χ1v) is 12.6. The minimum atomic E-state index is -0.00347. The predicted molar refractivity (Wildman–Crippen MR) is 120 cm³/mol. The van der Waals surface area contributed by atoms with Gasteiger partial charge in [0, 0.05) is 44.0 Å². The van der Waals surface area contributed by atoms with Gasteiger partial charge >= 0.3 is 0 Å². The number of oxazole rings is 1. The van der Waals surface area contributed by atoms with Crippen molar-refractivity contribution in [3.63, 3.8) is 0 Å². The molecule has 1 amide bonds. The highest BCUT2D eigenvalue weighted by Gasteiger charge is 2.36. The van der Waals surface area contributed by atoms with Crippen LogP contribution in [-0.4, -0.2) is 65.7 Å². The normalized spacial score (nSPS) is 24.0. The maximum absolute atomic E-state index is 13.5. The molecular formula is C23H28N4O4S. The molecule has 0 saturated carbocycles. The van der Waals surface area contributed by atoms with Gasteiger partial charge in [0.05, 0.1) is 12.4 Å². The first-order valence-electron chi connectivity index (χ1n) is 11.4. The number of rotatable bonds is 6. The highest BCUT2D eigenvalue weighted by molar-refractivity contribution is 7.99. The summed E-state index contributed by atoms with van der Waals surface area (Å²) in [5.41, 5.74) is 0.254. The van der Waals surface area contributed by atoms with E-state index in [4.69, 9.17) is 13.6 Å². The summed E-state index contributed by atoms with van der Waals surface area (Å²) in [6.45, 7) is 2.84. The SMILES string of the molecule is N#Cc1nc(-c2ccco2)oc1N1CCC(C(=O)N(CC2CCCO2)C2CCSC2)CC1. The molecule has 0 radical (unpaired) electrons. The number of anilines is 1. The average Bonchev–Trinajstić information content (AvgIpc) is 3.64. The molecule has 3 saturated heterocycles. The van der Waals surface area contributed by atoms with Crippen molar-refractivity contribution in [3.8, 4) is 17.7 Å². The maximum Gasteiger partial charge on any atom is 0.266 e. The number of hydrogen-bond acceptors (Lipinski definition) is 8. The quantitative estimate of drug-likeness (QED) is 0.651. The number of carbonyl (C=O) groups excluding carboxylic acids is 1. The van der Waals surface area contributed by atoms with Gasteiger partial charge in [-0.05, 0) is 50.0 Å². The molecule has 5 heterocycles. The molecule has 32 heavy (non-hydrogen) atoms. The van der Waals surface area contributed by atoms with E-state index in [1.54, 1.807) is 18.4 Å². The van der Waals surface area contributed by atoms with Crippen LogP contribution in [0.1, 0.15) is 37.8 Å². The van der Waals surface area contributed by atoms with Crippen LogP contribution < -0.4 is 4.90 Å². The Hall–Kier alpha value is -2.44. The standard InChI is InChI=1S/C23H28N4O4S/c24-13-19-23(31-21(25-19)20-4-2-11-30-20)26-8-5-16(6-9-26)22(28)27(17-7-12-32-15-17)14-18-3-1-10-29-18/h2,4,11,16-18H,1,3,5-10,12,14-15H2. The smallest absolute Gasteiger partial charge is 0.266 e. The van der Waals surface area contributed by atoms with Crippen LogP contribution in [0.5, 0.6) is 0 Å². The molecular weight excluding hydrogens is 428 g/mol. The number of aromatic nitrogens is 1. The summed E-state index contributed by atoms with van der Waals surface area (Å²) in [6.07, 6.45) is 6.40. The van der Waals surface area contributed by atoms with E-state index in [0.29, 0.717) is 36.7 Å². The third kappa shape index (κ3) is 4.39. The van der Waals surface area contributed by atoms with Crippen LogP contribution in [0, 0.1) is 17.2 Å². The Morgan fingerprint density at radius 2 is 2.19 bits per heavy atom. The monoisotopic (exact) mass is 456 g/mol. The van der Waals surface area contributed by atoms with E-state index in [2.05, 4.69) is 16.0 Å². The summed E-state index contributed by atoms with van der Waals surface area (Å²) in [5, 5.41) is 9.53. The van der Waals surface area contributed by atoms with Crippen molar-refractivity contribution >= 4 is 23.6 Å². The van der Waals surface area contributed by atoms with E-state index >= 15 is 0 Å². The molecule has 0 bridgehead atoms. The lowest BCUT2D eigenvalue weighted by Crippen LogP contribution is -2.49. The number of thioether (sulfide) groups is 1. The number of hydrogen-bond donors (Lipinski definition) is 0. The lowest BCUT2D eigenvalue weighted by atomic mass is 9.94. The fourth-order valence-electron chi connectivity index (χ4n) is 4.86. The molecule has 2 aromatic heterocycles. The maximum atomic E-state index is 13.5. The molecule has 2 atom stereocenters. The molecule has 0 aliphatic carbocycles. The molecule has 170 valence electrons. The topological polar surface area (TPSA) is 95.7 Å². The summed E-state index contributed by atoms with van der Waals surface area (Å²) in [4.78, 5) is 22.0. The van der Waals surface area contributed by atoms with E-state index < -0.39 is 0 Å². The lowest BCUT2D eigenvalue weighted by molar-refractivity contribution is -0.140. The number of furan rings is 1. The molecule has 3 fully saturated rings. The third-order valence-electron chi connectivity index (χ3n) is 6.63. The van der Waals surface area contributed by atoms with Gasteiger partial charge in [-0.2, -0.15) is 22.0 Å². The molecule has 5 rings (SSSR count). The van der Waals surface area contributed by atoms with Gasteiger partial charge in [-0.1, -0.05) is 0 Å². The second kappa shape index (κ2) is 9.59. The van der Waals surface area contributed by atoms with E-state index in [-0.39, 0.29) is 23.6 Å². The van der Waals surface area contributed by atoms with Crippen LogP contribution >= 0.6 is 11.8 Å². The highest BCUT2D eigenvalue weighted by atomic mass is 32.2. The Bertz CT molecular complexity index is 949. The van der Waals surface area contributed by atoms with Gasteiger partial charge in [-0.15, -0.1) is 0 Å². The third-order valence-corrected chi connectivity index (χ3v) is 7.78. The number of nitriles is 1. The van der Waals surface area contributed by atoms with E-state index in [1.165, 1.54) is 0 Å². The zero-order valence-electron chi connectivity index (χ0n) is 18.1. The molecule has 0 N–H and O–H groups in total. The Morgan fingerprint density at radius 3 is 2.84 bits per heavy atom. The minimum Gasteiger partial charge on any atom is -0.459 e. The number of carbonyl (C=O) groups is 1. The van der Waals surface area contributed by atoms with Crippen LogP contribution in [0.25, 0.3) is 11.7 Å². The summed E-state index contributed by atoms with van der Waals surface area (Å²) in [5.74, 6) is 3.68. The molecule has 0 spiro atoms. The number of ether oxygens (including phenoxy) is 1. The summed E-state index contributed by atoms with van der Waals surface area (Å²) in [7, 11) is 0. The Kier molecular flexibility index (Phi) is 6.42. The molecule has 2 unspecified atom stereocenters. The van der Waals surface area contributed by atoms with Gasteiger partial charge in [0.1, 0.15) is 6.07 Å². The lowest BCUT2D eigenvalue weighted by Gasteiger charge is -2.37. The van der Waals surface area contributed by atoms with Crippen molar-refractivity contribution in [2.75, 3.05) is 42.6 Å². The summed E-state index contributed by atoms with van der Waals surface area (Å²) >= 11 is 1.93. The summed E-state index contributed by atoms with van der Waals surface area (Å²) < 4.78 is 17.1. The van der Waals surface area contributed by atoms with Crippen LogP contribution in [0.3, 0.4) is 0 Å². The van der Waals surface area contributed by atoms with Crippen molar-refractivity contribution < 1.29 is 18.4 Å². The Balaban J connectivity index is 1.25. The molecule has 2 aromatic rings. The van der Waals surface area contributed by atoms with Crippen LogP contribution in [-0.2, 0) is 9.53 Å². The minimum absolute atomic E-state index is 0.00347.